The summed E-state index contributed by atoms with van der Waals surface area (Å²) in [5, 5.41) is 5.97. The Morgan fingerprint density at radius 3 is 2.89 bits per heavy atom. The molecule has 0 saturated heterocycles. The maximum absolute atomic E-state index is 10.5. The molecule has 0 atom stereocenters. The maximum Gasteiger partial charge on any atom is 0.176 e. The van der Waals surface area contributed by atoms with E-state index in [0.29, 0.717) is 36.1 Å². The number of hydrogen-bond acceptors (Lipinski definition) is 6. The Hall–Kier alpha value is -1.99. The van der Waals surface area contributed by atoms with E-state index in [2.05, 4.69) is 15.5 Å². The van der Waals surface area contributed by atoms with E-state index in [1.165, 1.54) is 0 Å². The monoisotopic (exact) mass is 265 g/mol. The molecule has 0 amide bonds. The minimum Gasteiger partial charge on any atom is -0.484 e. The molecule has 19 heavy (non-hydrogen) atoms. The number of methoxy groups -OCH3 is 2. The molecule has 0 bridgehead atoms. The van der Waals surface area contributed by atoms with Gasteiger partial charge >= 0.3 is 0 Å². The number of fused-ring (bicyclic) bond motifs is 1. The Bertz CT molecular complexity index is 486. The van der Waals surface area contributed by atoms with Crippen LogP contribution in [0.4, 0.5) is 11.4 Å². The van der Waals surface area contributed by atoms with Crippen LogP contribution in [0, 0.1) is 4.91 Å². The summed E-state index contributed by atoms with van der Waals surface area (Å²) in [5.74, 6) is 1.32. The van der Waals surface area contributed by atoms with Crippen molar-refractivity contribution in [1.82, 2.24) is 0 Å². The number of nitroso groups, excluding NO2 is 1. The molecule has 0 radical (unpaired) electrons. The number of rotatable bonds is 5. The first-order valence-corrected chi connectivity index (χ1v) is 5.73. The number of aliphatic imine (C=N–C) groups is 1. The molecule has 0 unspecified atom stereocenters. The molecule has 1 aliphatic rings. The van der Waals surface area contributed by atoms with Crippen LogP contribution in [-0.4, -0.2) is 39.5 Å². The SMILES string of the molecule is COC(CN=C1COc2ccc(N=O)cc2N1)OC. The predicted octanol–water partition coefficient (Wildman–Crippen LogP) is 1.91. The number of nitrogens with zero attached hydrogens (tertiary/aromatic N) is 2. The first-order chi connectivity index (χ1) is 9.26. The van der Waals surface area contributed by atoms with Gasteiger partial charge in [-0.3, -0.25) is 4.99 Å². The van der Waals surface area contributed by atoms with Gasteiger partial charge in [-0.2, -0.15) is 0 Å². The third-order valence-electron chi connectivity index (χ3n) is 2.67. The van der Waals surface area contributed by atoms with Crippen LogP contribution in [0.2, 0.25) is 0 Å². The smallest absolute Gasteiger partial charge is 0.176 e. The summed E-state index contributed by atoms with van der Waals surface area (Å²) in [6.45, 7) is 0.695. The van der Waals surface area contributed by atoms with Crippen molar-refractivity contribution >= 4 is 17.2 Å². The third-order valence-corrected chi connectivity index (χ3v) is 2.67. The second-order valence-electron chi connectivity index (χ2n) is 3.87. The zero-order valence-corrected chi connectivity index (χ0v) is 10.8. The summed E-state index contributed by atoms with van der Waals surface area (Å²) >= 11 is 0. The lowest BCUT2D eigenvalue weighted by molar-refractivity contribution is -0.0937. The van der Waals surface area contributed by atoms with E-state index in [1.807, 2.05) is 0 Å². The summed E-state index contributed by atoms with van der Waals surface area (Å²) in [4.78, 5) is 14.8. The molecule has 1 aromatic rings. The molecule has 1 aliphatic heterocycles. The summed E-state index contributed by atoms with van der Waals surface area (Å²) in [6.07, 6.45) is -0.390. The zero-order chi connectivity index (χ0) is 13.7. The quantitative estimate of drug-likeness (QED) is 0.649. The van der Waals surface area contributed by atoms with E-state index in [4.69, 9.17) is 14.2 Å². The van der Waals surface area contributed by atoms with Crippen molar-refractivity contribution in [1.29, 1.82) is 0 Å². The van der Waals surface area contributed by atoms with Gasteiger partial charge in [-0.05, 0) is 23.4 Å². The molecule has 0 aliphatic carbocycles. The Labute approximate surface area is 110 Å². The number of amidine groups is 1. The molecule has 1 N–H and O–H groups in total. The third kappa shape index (κ3) is 3.27. The molecule has 2 rings (SSSR count). The molecule has 0 fully saturated rings. The van der Waals surface area contributed by atoms with Crippen LogP contribution < -0.4 is 10.1 Å². The van der Waals surface area contributed by atoms with Crippen LogP contribution in [0.1, 0.15) is 0 Å². The standard InChI is InChI=1S/C12H15N3O4/c1-17-12(18-2)6-13-11-7-19-10-4-3-8(15-16)5-9(10)14-11/h3-5,12H,6-7H2,1-2H3,(H,13,14). The second kappa shape index (κ2) is 6.26. The van der Waals surface area contributed by atoms with E-state index in [0.717, 1.165) is 0 Å². The number of benzene rings is 1. The van der Waals surface area contributed by atoms with Crippen LogP contribution in [0.15, 0.2) is 28.4 Å². The first kappa shape index (κ1) is 13.4. The zero-order valence-electron chi connectivity index (χ0n) is 10.8. The number of ether oxygens (including phenoxy) is 3. The van der Waals surface area contributed by atoms with Gasteiger partial charge in [0.25, 0.3) is 0 Å². The van der Waals surface area contributed by atoms with Gasteiger partial charge < -0.3 is 19.5 Å². The molecule has 102 valence electrons. The fourth-order valence-corrected chi connectivity index (χ4v) is 1.65. The minimum atomic E-state index is -0.390. The molecule has 1 aromatic carbocycles. The lowest BCUT2D eigenvalue weighted by Gasteiger charge is -2.21. The summed E-state index contributed by atoms with van der Waals surface area (Å²) in [6, 6.07) is 4.91. The largest absolute Gasteiger partial charge is 0.484 e. The van der Waals surface area contributed by atoms with E-state index in [1.54, 1.807) is 32.4 Å². The van der Waals surface area contributed by atoms with Crippen molar-refractivity contribution in [2.24, 2.45) is 10.2 Å². The summed E-state index contributed by atoms with van der Waals surface area (Å²) in [7, 11) is 3.10. The topological polar surface area (TPSA) is 81.5 Å². The van der Waals surface area contributed by atoms with Crippen LogP contribution in [-0.2, 0) is 9.47 Å². The van der Waals surface area contributed by atoms with Crippen molar-refractivity contribution in [3.8, 4) is 5.75 Å². The molecule has 7 heteroatoms. The van der Waals surface area contributed by atoms with Crippen LogP contribution in [0.5, 0.6) is 5.75 Å². The predicted molar refractivity (Wildman–Crippen MR) is 71.1 cm³/mol. The molecular weight excluding hydrogens is 250 g/mol. The van der Waals surface area contributed by atoms with E-state index in [9.17, 15) is 4.91 Å². The molecule has 0 aromatic heterocycles. The van der Waals surface area contributed by atoms with Crippen LogP contribution in [0.3, 0.4) is 0 Å². The molecular formula is C12H15N3O4. The van der Waals surface area contributed by atoms with Crippen LogP contribution in [0.25, 0.3) is 0 Å². The van der Waals surface area contributed by atoms with Gasteiger partial charge in [0.2, 0.25) is 0 Å². The van der Waals surface area contributed by atoms with Gasteiger partial charge in [0.1, 0.15) is 23.9 Å². The number of hydrogen-bond donors (Lipinski definition) is 1. The highest BCUT2D eigenvalue weighted by Crippen LogP contribution is 2.31. The summed E-state index contributed by atoms with van der Waals surface area (Å²) < 4.78 is 15.6. The fraction of sp³-hybridized carbons (Fsp3) is 0.417. The van der Waals surface area contributed by atoms with Crippen LogP contribution >= 0.6 is 0 Å². The van der Waals surface area contributed by atoms with Gasteiger partial charge in [0.15, 0.2) is 6.29 Å². The molecule has 0 saturated carbocycles. The molecule has 0 spiro atoms. The van der Waals surface area contributed by atoms with Gasteiger partial charge in [-0.15, -0.1) is 4.91 Å². The van der Waals surface area contributed by atoms with Gasteiger partial charge in [-0.1, -0.05) is 0 Å². The van der Waals surface area contributed by atoms with E-state index >= 15 is 0 Å². The van der Waals surface area contributed by atoms with E-state index < -0.39 is 6.29 Å². The first-order valence-electron chi connectivity index (χ1n) is 5.73. The molecule has 1 heterocycles. The highest BCUT2D eigenvalue weighted by Gasteiger charge is 2.15. The van der Waals surface area contributed by atoms with Crippen molar-refractivity contribution in [3.05, 3.63) is 23.1 Å². The van der Waals surface area contributed by atoms with Crippen molar-refractivity contribution in [2.75, 3.05) is 32.7 Å². The molecule has 7 nitrogen and oxygen atoms in total. The highest BCUT2D eigenvalue weighted by molar-refractivity contribution is 5.99. The lowest BCUT2D eigenvalue weighted by Crippen LogP contribution is -2.28. The highest BCUT2D eigenvalue weighted by atomic mass is 16.7. The van der Waals surface area contributed by atoms with E-state index in [-0.39, 0.29) is 0 Å². The Kier molecular flexibility index (Phi) is 4.43. The number of anilines is 1. The van der Waals surface area contributed by atoms with Crippen molar-refractivity contribution in [3.63, 3.8) is 0 Å². The Balaban J connectivity index is 2.08. The Morgan fingerprint density at radius 1 is 1.42 bits per heavy atom. The second-order valence-corrected chi connectivity index (χ2v) is 3.87. The number of nitrogens with one attached hydrogen (secondary N) is 1. The maximum atomic E-state index is 10.5. The fourth-order valence-electron chi connectivity index (χ4n) is 1.65. The van der Waals surface area contributed by atoms with Crippen molar-refractivity contribution < 1.29 is 14.2 Å². The minimum absolute atomic E-state index is 0.334. The van der Waals surface area contributed by atoms with Gasteiger partial charge in [-0.25, -0.2) is 0 Å². The normalized spacial score (nSPS) is 15.8. The van der Waals surface area contributed by atoms with Crippen molar-refractivity contribution in [2.45, 2.75) is 6.29 Å². The average molecular weight is 265 g/mol. The summed E-state index contributed by atoms with van der Waals surface area (Å²) in [5.41, 5.74) is 1.01. The average Bonchev–Trinajstić information content (AvgIpc) is 2.47. The van der Waals surface area contributed by atoms with Gasteiger partial charge in [0.05, 0.1) is 12.2 Å². The lowest BCUT2D eigenvalue weighted by atomic mass is 10.2. The van der Waals surface area contributed by atoms with Gasteiger partial charge in [0, 0.05) is 14.2 Å². The Morgan fingerprint density at radius 2 is 2.21 bits per heavy atom.